The van der Waals surface area contributed by atoms with Gasteiger partial charge in [0.15, 0.2) is 10.7 Å². The van der Waals surface area contributed by atoms with Gasteiger partial charge in [-0.3, -0.25) is 14.2 Å². The van der Waals surface area contributed by atoms with Gasteiger partial charge in [-0.05, 0) is 25.1 Å². The number of nitrogens with one attached hydrogen (secondary N) is 1. The molecule has 0 unspecified atom stereocenters. The van der Waals surface area contributed by atoms with E-state index in [0.717, 1.165) is 15.9 Å². The largest absolute Gasteiger partial charge is 0.466 e. The van der Waals surface area contributed by atoms with E-state index in [1.165, 1.54) is 25.3 Å². The Labute approximate surface area is 168 Å². The lowest BCUT2D eigenvalue weighted by Gasteiger charge is -2.03. The Hall–Kier alpha value is -3.47. The fourth-order valence-corrected chi connectivity index (χ4v) is 3.30. The zero-order valence-electron chi connectivity index (χ0n) is 15.6. The minimum absolute atomic E-state index is 0.00850. The highest BCUT2D eigenvalue weighted by Gasteiger charge is 2.16. The minimum Gasteiger partial charge on any atom is -0.466 e. The summed E-state index contributed by atoms with van der Waals surface area (Å²) in [6.45, 7) is 1.68. The topological polar surface area (TPSA) is 130 Å². The van der Waals surface area contributed by atoms with E-state index in [2.05, 4.69) is 15.0 Å². The second kappa shape index (κ2) is 8.69. The third-order valence-corrected chi connectivity index (χ3v) is 4.63. The van der Waals surface area contributed by atoms with Crippen LogP contribution in [0.15, 0.2) is 32.8 Å². The maximum Gasteiger partial charge on any atom is 0.420 e. The van der Waals surface area contributed by atoms with Crippen LogP contribution in [-0.2, 0) is 32.0 Å². The monoisotopic (exact) mass is 419 g/mol. The molecule has 0 radical (unpaired) electrons. The van der Waals surface area contributed by atoms with E-state index in [1.807, 2.05) is 0 Å². The van der Waals surface area contributed by atoms with Gasteiger partial charge < -0.3 is 19.2 Å². The molecule has 10 nitrogen and oxygen atoms in total. The van der Waals surface area contributed by atoms with Crippen LogP contribution in [-0.4, -0.2) is 41.1 Å². The summed E-state index contributed by atoms with van der Waals surface area (Å²) in [6.07, 6.45) is 0.00850. The van der Waals surface area contributed by atoms with Crippen LogP contribution in [0.5, 0.6) is 0 Å². The first kappa shape index (κ1) is 20.3. The predicted octanol–water partition coefficient (Wildman–Crippen LogP) is 1.58. The zero-order chi connectivity index (χ0) is 21.0. The predicted molar refractivity (Wildman–Crippen MR) is 103 cm³/mol. The lowest BCUT2D eigenvalue weighted by Crippen LogP contribution is -2.24. The molecule has 1 N–H and O–H groups in total. The number of benzene rings is 1. The van der Waals surface area contributed by atoms with Crippen LogP contribution in [0.2, 0.25) is 0 Å². The van der Waals surface area contributed by atoms with E-state index in [0.29, 0.717) is 16.3 Å². The van der Waals surface area contributed by atoms with Crippen LogP contribution in [0.3, 0.4) is 0 Å². The Bertz CT molecular complexity index is 1130. The van der Waals surface area contributed by atoms with E-state index in [9.17, 15) is 19.2 Å². The highest BCUT2D eigenvalue weighted by atomic mass is 32.1. The number of carbonyl (C=O) groups is 3. The number of carbonyl (C=O) groups excluding carboxylic acids is 3. The number of thiazole rings is 1. The summed E-state index contributed by atoms with van der Waals surface area (Å²) in [5, 5.41) is 4.51. The van der Waals surface area contributed by atoms with Crippen molar-refractivity contribution in [1.82, 2.24) is 9.55 Å². The molecule has 0 atom stereocenters. The number of methoxy groups -OCH3 is 1. The quantitative estimate of drug-likeness (QED) is 0.572. The summed E-state index contributed by atoms with van der Waals surface area (Å²) < 4.78 is 15.7. The Morgan fingerprint density at radius 1 is 1.31 bits per heavy atom. The van der Waals surface area contributed by atoms with Crippen LogP contribution in [0.25, 0.3) is 11.1 Å². The molecule has 0 fully saturated rings. The molecule has 0 aliphatic rings. The molecule has 0 bridgehead atoms. The van der Waals surface area contributed by atoms with Gasteiger partial charge in [-0.15, -0.1) is 11.3 Å². The number of ether oxygens (including phenoxy) is 2. The van der Waals surface area contributed by atoms with Gasteiger partial charge in [0.25, 0.3) is 0 Å². The zero-order valence-corrected chi connectivity index (χ0v) is 16.4. The second-order valence-corrected chi connectivity index (χ2v) is 6.66. The Morgan fingerprint density at radius 2 is 2.10 bits per heavy atom. The summed E-state index contributed by atoms with van der Waals surface area (Å²) in [4.78, 5) is 51.6. The average Bonchev–Trinajstić information content (AvgIpc) is 3.24. The van der Waals surface area contributed by atoms with Crippen LogP contribution in [0.1, 0.15) is 23.0 Å². The van der Waals surface area contributed by atoms with Crippen molar-refractivity contribution in [2.45, 2.75) is 19.9 Å². The Morgan fingerprint density at radius 3 is 2.83 bits per heavy atom. The molecule has 3 aromatic rings. The summed E-state index contributed by atoms with van der Waals surface area (Å²) in [7, 11) is 1.25. The fraction of sp³-hybridized carbons (Fsp3) is 0.278. The number of oxazole rings is 1. The average molecular weight is 419 g/mol. The van der Waals surface area contributed by atoms with Gasteiger partial charge in [-0.25, -0.2) is 14.6 Å². The van der Waals surface area contributed by atoms with Crippen molar-refractivity contribution in [3.63, 3.8) is 0 Å². The molecule has 3 rings (SSSR count). The third kappa shape index (κ3) is 4.69. The number of nitrogens with zero attached hydrogens (tertiary/aromatic N) is 2. The molecule has 0 saturated heterocycles. The fourth-order valence-electron chi connectivity index (χ4n) is 2.57. The van der Waals surface area contributed by atoms with E-state index >= 15 is 0 Å². The Balaban J connectivity index is 1.71. The molecule has 1 amide bonds. The van der Waals surface area contributed by atoms with Crippen molar-refractivity contribution < 1.29 is 28.3 Å². The van der Waals surface area contributed by atoms with Gasteiger partial charge in [-0.1, -0.05) is 0 Å². The molecule has 152 valence electrons. The van der Waals surface area contributed by atoms with Crippen LogP contribution >= 0.6 is 11.3 Å². The van der Waals surface area contributed by atoms with E-state index in [4.69, 9.17) is 9.15 Å². The standard InChI is InChI=1S/C18H17N3O7S/c1-3-27-15(23)7-11-9-29-17(19-11)20-14(22)8-21-12-5-4-10(16(24)26-2)6-13(12)28-18(21)25/h4-6,9H,3,7-8H2,1-2H3,(H,19,20,22). The molecule has 1 aromatic carbocycles. The Kier molecular flexibility index (Phi) is 6.07. The van der Waals surface area contributed by atoms with Gasteiger partial charge in [0, 0.05) is 5.38 Å². The normalized spacial score (nSPS) is 10.7. The number of aromatic nitrogens is 2. The molecule has 2 heterocycles. The number of hydrogen-bond donors (Lipinski definition) is 1. The maximum absolute atomic E-state index is 12.3. The summed E-state index contributed by atoms with van der Waals surface area (Å²) in [5.74, 6) is -2.20. The highest BCUT2D eigenvalue weighted by molar-refractivity contribution is 7.13. The molecular weight excluding hydrogens is 402 g/mol. The van der Waals surface area contributed by atoms with Gasteiger partial charge in [0.05, 0.1) is 36.9 Å². The maximum atomic E-state index is 12.3. The van der Waals surface area contributed by atoms with Crippen molar-refractivity contribution in [2.75, 3.05) is 19.0 Å². The number of hydrogen-bond acceptors (Lipinski definition) is 9. The number of amides is 1. The molecule has 29 heavy (non-hydrogen) atoms. The highest BCUT2D eigenvalue weighted by Crippen LogP contribution is 2.18. The number of esters is 2. The molecule has 0 spiro atoms. The minimum atomic E-state index is -0.737. The molecule has 2 aromatic heterocycles. The van der Waals surface area contributed by atoms with Gasteiger partial charge in [-0.2, -0.15) is 0 Å². The SMILES string of the molecule is CCOC(=O)Cc1csc(NC(=O)Cn2c(=O)oc3cc(C(=O)OC)ccc32)n1. The molecular formula is C18H17N3O7S. The van der Waals surface area contributed by atoms with E-state index < -0.39 is 23.6 Å². The van der Waals surface area contributed by atoms with Crippen LogP contribution in [0, 0.1) is 0 Å². The summed E-state index contributed by atoms with van der Waals surface area (Å²) >= 11 is 1.15. The van der Waals surface area contributed by atoms with E-state index in [1.54, 1.807) is 12.3 Å². The van der Waals surface area contributed by atoms with Gasteiger partial charge >= 0.3 is 17.7 Å². The lowest BCUT2D eigenvalue weighted by atomic mass is 10.2. The van der Waals surface area contributed by atoms with Crippen molar-refractivity contribution in [3.8, 4) is 0 Å². The first-order valence-corrected chi connectivity index (χ1v) is 9.40. The van der Waals surface area contributed by atoms with Crippen LogP contribution < -0.4 is 11.1 Å². The number of fused-ring (bicyclic) bond motifs is 1. The second-order valence-electron chi connectivity index (χ2n) is 5.80. The lowest BCUT2D eigenvalue weighted by molar-refractivity contribution is -0.142. The van der Waals surface area contributed by atoms with Gasteiger partial charge in [0.1, 0.15) is 6.54 Å². The first-order valence-electron chi connectivity index (χ1n) is 8.52. The number of rotatable bonds is 7. The van der Waals surface area contributed by atoms with Crippen LogP contribution in [0.4, 0.5) is 5.13 Å². The van der Waals surface area contributed by atoms with E-state index in [-0.39, 0.29) is 30.7 Å². The smallest absolute Gasteiger partial charge is 0.420 e. The van der Waals surface area contributed by atoms with Crippen molar-refractivity contribution >= 4 is 45.4 Å². The summed E-state index contributed by atoms with van der Waals surface area (Å²) in [6, 6.07) is 4.35. The van der Waals surface area contributed by atoms with Crippen molar-refractivity contribution in [1.29, 1.82) is 0 Å². The first-order chi connectivity index (χ1) is 13.9. The summed E-state index contributed by atoms with van der Waals surface area (Å²) in [5.41, 5.74) is 1.23. The number of anilines is 1. The molecule has 11 heteroatoms. The van der Waals surface area contributed by atoms with Crippen molar-refractivity contribution in [2.24, 2.45) is 0 Å². The van der Waals surface area contributed by atoms with Crippen molar-refractivity contribution in [3.05, 3.63) is 45.4 Å². The molecule has 0 aliphatic carbocycles. The molecule has 0 aliphatic heterocycles. The van der Waals surface area contributed by atoms with Gasteiger partial charge in [0.2, 0.25) is 5.91 Å². The third-order valence-electron chi connectivity index (χ3n) is 3.82. The molecule has 0 saturated carbocycles.